The van der Waals surface area contributed by atoms with Gasteiger partial charge >= 0.3 is 0 Å². The van der Waals surface area contributed by atoms with Crippen LogP contribution in [0.2, 0.25) is 0 Å². The third-order valence-electron chi connectivity index (χ3n) is 12.7. The summed E-state index contributed by atoms with van der Waals surface area (Å²) in [6.45, 7) is 0. The van der Waals surface area contributed by atoms with Crippen molar-refractivity contribution in [3.63, 3.8) is 0 Å². The van der Waals surface area contributed by atoms with Gasteiger partial charge in [-0.1, -0.05) is 194 Å². The normalized spacial score (nSPS) is 13.3. The molecule has 61 heavy (non-hydrogen) atoms. The molecule has 0 radical (unpaired) electrons. The summed E-state index contributed by atoms with van der Waals surface area (Å²) in [7, 11) is 0. The lowest BCUT2D eigenvalue weighted by Crippen LogP contribution is -2.32. The van der Waals surface area contributed by atoms with E-state index in [1.165, 1.54) is 70.3 Å². The first-order valence-electron chi connectivity index (χ1n) is 20.7. The number of nitrogens with zero attached hydrogens (tertiary/aromatic N) is 4. The predicted molar refractivity (Wildman–Crippen MR) is 249 cm³/mol. The number of fused-ring (bicyclic) bond motifs is 14. The molecule has 2 aromatic heterocycles. The maximum absolute atomic E-state index is 5.40. The van der Waals surface area contributed by atoms with E-state index < -0.39 is 5.41 Å². The summed E-state index contributed by atoms with van der Waals surface area (Å²) in [6.07, 6.45) is 0. The summed E-state index contributed by atoms with van der Waals surface area (Å²) >= 11 is 1.87. The number of hydrogen-bond acceptors (Lipinski definition) is 4. The van der Waals surface area contributed by atoms with E-state index in [-0.39, 0.29) is 0 Å². The first-order valence-corrected chi connectivity index (χ1v) is 21.5. The van der Waals surface area contributed by atoms with Crippen molar-refractivity contribution in [2.24, 2.45) is 0 Å². The molecular formula is C56H34N4S. The van der Waals surface area contributed by atoms with E-state index in [9.17, 15) is 0 Å². The van der Waals surface area contributed by atoms with E-state index in [0.717, 1.165) is 27.7 Å². The van der Waals surface area contributed by atoms with Crippen molar-refractivity contribution in [2.45, 2.75) is 15.2 Å². The van der Waals surface area contributed by atoms with Crippen LogP contribution in [0.15, 0.2) is 216 Å². The molecule has 0 unspecified atom stereocenters. The second-order valence-electron chi connectivity index (χ2n) is 15.9. The van der Waals surface area contributed by atoms with Gasteiger partial charge in [0.2, 0.25) is 5.95 Å². The average molecular weight is 795 g/mol. The molecule has 0 N–H and O–H groups in total. The van der Waals surface area contributed by atoms with Crippen LogP contribution in [0.3, 0.4) is 0 Å². The molecule has 9 aromatic carbocycles. The Kier molecular flexibility index (Phi) is 7.42. The quantitative estimate of drug-likeness (QED) is 0.178. The van der Waals surface area contributed by atoms with Crippen LogP contribution in [0.4, 0.5) is 0 Å². The van der Waals surface area contributed by atoms with Gasteiger partial charge in [-0.3, -0.25) is 4.57 Å². The minimum Gasteiger partial charge on any atom is -0.278 e. The topological polar surface area (TPSA) is 43.6 Å². The van der Waals surface area contributed by atoms with E-state index in [1.807, 2.05) is 36.0 Å². The Hall–Kier alpha value is -7.60. The second-order valence-corrected chi connectivity index (χ2v) is 17.0. The predicted octanol–water partition coefficient (Wildman–Crippen LogP) is 14.0. The van der Waals surface area contributed by atoms with Crippen molar-refractivity contribution in [2.75, 3.05) is 0 Å². The molecule has 3 heterocycles. The third kappa shape index (κ3) is 4.99. The zero-order chi connectivity index (χ0) is 40.1. The smallest absolute Gasteiger partial charge is 0.238 e. The number of hydrogen-bond donors (Lipinski definition) is 0. The van der Waals surface area contributed by atoms with Gasteiger partial charge < -0.3 is 0 Å². The molecule has 5 heteroatoms. The van der Waals surface area contributed by atoms with Crippen LogP contribution in [0.1, 0.15) is 22.3 Å². The standard InChI is InChI=1S/C56H34N4S/c1-3-15-35(16-4-1)36-27-29-39(30-28-36)54-57-53(38-18-5-2-6-19-38)58-55(59-54)60-48-32-31-37-17-7-8-20-40(37)52(48)43-33-51-47(34-49(43)60)56(46-25-13-14-26-50(46)61-51)44-23-11-9-21-41(44)42-22-10-12-24-45(42)56/h1-34H. The minimum absolute atomic E-state index is 0.526. The SMILES string of the molecule is c1ccc(-c2ccc(-c3nc(-c4ccccc4)nc(-n4c5cc6c(cc5c5c7ccccc7ccc54)Sc4ccccc4C64c5ccccc5-c5ccccc54)n3)cc2)cc1. The number of rotatable bonds is 4. The lowest BCUT2D eigenvalue weighted by Gasteiger charge is -2.39. The van der Waals surface area contributed by atoms with Gasteiger partial charge in [-0.25, -0.2) is 4.98 Å². The minimum atomic E-state index is -0.526. The first-order chi connectivity index (χ1) is 30.2. The highest BCUT2D eigenvalue weighted by Crippen LogP contribution is 2.62. The van der Waals surface area contributed by atoms with Gasteiger partial charge in [0.15, 0.2) is 11.6 Å². The van der Waals surface area contributed by atoms with Crippen LogP contribution >= 0.6 is 11.8 Å². The molecule has 0 atom stereocenters. The fraction of sp³-hybridized carbons (Fsp3) is 0.0179. The molecule has 11 aromatic rings. The maximum atomic E-state index is 5.40. The Labute approximate surface area is 356 Å². The van der Waals surface area contributed by atoms with E-state index in [2.05, 4.69) is 187 Å². The molecule has 4 nitrogen and oxygen atoms in total. The number of benzene rings is 9. The van der Waals surface area contributed by atoms with Gasteiger partial charge in [0.25, 0.3) is 0 Å². The lowest BCUT2D eigenvalue weighted by atomic mass is 9.67. The molecule has 13 rings (SSSR count). The molecular weight excluding hydrogens is 761 g/mol. The molecule has 1 aliphatic heterocycles. The Morgan fingerprint density at radius 1 is 0.377 bits per heavy atom. The maximum Gasteiger partial charge on any atom is 0.238 e. The van der Waals surface area contributed by atoms with Crippen molar-refractivity contribution in [1.29, 1.82) is 0 Å². The van der Waals surface area contributed by atoms with E-state index in [1.54, 1.807) is 0 Å². The molecule has 284 valence electrons. The molecule has 0 saturated heterocycles. The highest BCUT2D eigenvalue weighted by Gasteiger charge is 2.50. The monoisotopic (exact) mass is 794 g/mol. The van der Waals surface area contributed by atoms with Crippen LogP contribution in [0.25, 0.3) is 83.6 Å². The van der Waals surface area contributed by atoms with Crippen molar-refractivity contribution in [1.82, 2.24) is 19.5 Å². The van der Waals surface area contributed by atoms with Gasteiger partial charge in [0.1, 0.15) is 0 Å². The zero-order valence-electron chi connectivity index (χ0n) is 32.8. The van der Waals surface area contributed by atoms with Gasteiger partial charge in [0.05, 0.1) is 16.4 Å². The molecule has 0 bridgehead atoms. The molecule has 1 spiro atoms. The molecule has 2 aliphatic rings. The summed E-state index contributed by atoms with van der Waals surface area (Å²) in [4.78, 5) is 18.5. The van der Waals surface area contributed by atoms with Gasteiger partial charge in [0, 0.05) is 31.7 Å². The van der Waals surface area contributed by atoms with Gasteiger partial charge in [-0.2, -0.15) is 9.97 Å². The summed E-state index contributed by atoms with van der Waals surface area (Å²) in [5.41, 5.74) is 13.5. The fourth-order valence-electron chi connectivity index (χ4n) is 10.1. The highest BCUT2D eigenvalue weighted by molar-refractivity contribution is 7.99. The third-order valence-corrected chi connectivity index (χ3v) is 13.9. The summed E-state index contributed by atoms with van der Waals surface area (Å²) in [5, 5.41) is 4.75. The van der Waals surface area contributed by atoms with Crippen LogP contribution < -0.4 is 0 Å². The van der Waals surface area contributed by atoms with Crippen molar-refractivity contribution in [3.05, 3.63) is 229 Å². The summed E-state index contributed by atoms with van der Waals surface area (Å²) in [6, 6.07) is 74.4. The highest BCUT2D eigenvalue weighted by atomic mass is 32.2. The van der Waals surface area contributed by atoms with Crippen LogP contribution in [-0.4, -0.2) is 19.5 Å². The summed E-state index contributed by atoms with van der Waals surface area (Å²) < 4.78 is 2.29. The molecule has 0 amide bonds. The first kappa shape index (κ1) is 34.3. The van der Waals surface area contributed by atoms with Crippen LogP contribution in [0, 0.1) is 0 Å². The fourth-order valence-corrected chi connectivity index (χ4v) is 11.3. The van der Waals surface area contributed by atoms with Crippen molar-refractivity contribution < 1.29 is 0 Å². The molecule has 0 saturated carbocycles. The van der Waals surface area contributed by atoms with Crippen LogP contribution in [0.5, 0.6) is 0 Å². The van der Waals surface area contributed by atoms with Crippen LogP contribution in [-0.2, 0) is 5.41 Å². The van der Waals surface area contributed by atoms with E-state index in [0.29, 0.717) is 17.6 Å². The largest absolute Gasteiger partial charge is 0.278 e. The van der Waals surface area contributed by atoms with Gasteiger partial charge in [-0.15, -0.1) is 0 Å². The Balaban J connectivity index is 1.13. The lowest BCUT2D eigenvalue weighted by molar-refractivity contribution is 0.723. The Bertz CT molecular complexity index is 3510. The summed E-state index contributed by atoms with van der Waals surface area (Å²) in [5.74, 6) is 1.83. The second kappa shape index (κ2) is 13.2. The van der Waals surface area contributed by atoms with E-state index in [4.69, 9.17) is 15.0 Å². The van der Waals surface area contributed by atoms with Crippen molar-refractivity contribution in [3.8, 4) is 51.0 Å². The Morgan fingerprint density at radius 2 is 0.934 bits per heavy atom. The average Bonchev–Trinajstić information content (AvgIpc) is 3.82. The number of aromatic nitrogens is 4. The molecule has 0 fully saturated rings. The van der Waals surface area contributed by atoms with E-state index >= 15 is 0 Å². The van der Waals surface area contributed by atoms with Gasteiger partial charge in [-0.05, 0) is 79.5 Å². The van der Waals surface area contributed by atoms with Crippen molar-refractivity contribution >= 4 is 44.3 Å². The zero-order valence-corrected chi connectivity index (χ0v) is 33.6. The Morgan fingerprint density at radius 3 is 1.66 bits per heavy atom. The molecule has 1 aliphatic carbocycles.